The molecule has 2 aromatic rings. The summed E-state index contributed by atoms with van der Waals surface area (Å²) in [7, 11) is -1.63. The van der Waals surface area contributed by atoms with E-state index < -0.39 is 15.9 Å². The van der Waals surface area contributed by atoms with Gasteiger partial charge in [-0.3, -0.25) is 4.99 Å². The van der Waals surface area contributed by atoms with Crippen molar-refractivity contribution in [2.24, 2.45) is 4.99 Å². The average molecular weight is 426 g/mol. The number of para-hydroxylation sites is 1. The van der Waals surface area contributed by atoms with Crippen LogP contribution in [0.15, 0.2) is 57.0 Å². The van der Waals surface area contributed by atoms with E-state index in [0.29, 0.717) is 25.7 Å². The van der Waals surface area contributed by atoms with Crippen molar-refractivity contribution in [2.45, 2.75) is 17.2 Å². The summed E-state index contributed by atoms with van der Waals surface area (Å²) in [6.45, 7) is 3.66. The Labute approximate surface area is 170 Å². The molecule has 1 heterocycles. The Bertz CT molecular complexity index is 824. The highest BCUT2D eigenvalue weighted by atomic mass is 32.2. The average Bonchev–Trinajstić information content (AvgIpc) is 3.21. The van der Waals surface area contributed by atoms with Crippen molar-refractivity contribution in [3.8, 4) is 5.75 Å². The molecule has 1 aromatic heterocycles. The van der Waals surface area contributed by atoms with E-state index in [1.165, 1.54) is 0 Å². The van der Waals surface area contributed by atoms with Crippen molar-refractivity contribution < 1.29 is 18.3 Å². The van der Waals surface area contributed by atoms with E-state index in [-0.39, 0.29) is 16.5 Å². The van der Waals surface area contributed by atoms with E-state index in [2.05, 4.69) is 10.3 Å². The second-order valence-corrected chi connectivity index (χ2v) is 9.35. The normalized spacial score (nSPS) is 13.2. The maximum Gasteiger partial charge on any atom is 0.193 e. The minimum Gasteiger partial charge on any atom is -0.492 e. The molecule has 7 nitrogen and oxygen atoms in total. The highest BCUT2D eigenvalue weighted by Gasteiger charge is 2.20. The van der Waals surface area contributed by atoms with Crippen LogP contribution in [0.4, 0.5) is 0 Å². The molecule has 2 N–H and O–H groups in total. The predicted molar refractivity (Wildman–Crippen MR) is 113 cm³/mol. The molecule has 1 atom stereocenters. The van der Waals surface area contributed by atoms with Gasteiger partial charge in [0.25, 0.3) is 0 Å². The van der Waals surface area contributed by atoms with Crippen molar-refractivity contribution in [3.05, 3.63) is 47.8 Å². The molecule has 0 radical (unpaired) electrons. The SMILES string of the molecule is CCNC(=NCC(O)CS(=O)(=O)c1cccs1)N(C)CCOc1ccccc1. The van der Waals surface area contributed by atoms with Crippen LogP contribution >= 0.6 is 11.3 Å². The van der Waals surface area contributed by atoms with E-state index in [1.54, 1.807) is 17.5 Å². The molecule has 0 bridgehead atoms. The van der Waals surface area contributed by atoms with E-state index in [1.807, 2.05) is 49.2 Å². The molecule has 0 amide bonds. The molecule has 0 saturated heterocycles. The zero-order valence-corrected chi connectivity index (χ0v) is 17.7. The quantitative estimate of drug-likeness (QED) is 0.446. The summed E-state index contributed by atoms with van der Waals surface area (Å²) in [6, 6.07) is 12.8. The van der Waals surface area contributed by atoms with Gasteiger partial charge in [0.15, 0.2) is 15.8 Å². The Balaban J connectivity index is 1.87. The number of hydrogen-bond acceptors (Lipinski definition) is 6. The molecular formula is C19H27N3O4S2. The summed E-state index contributed by atoms with van der Waals surface area (Å²) < 4.78 is 30.4. The largest absolute Gasteiger partial charge is 0.492 e. The lowest BCUT2D eigenvalue weighted by atomic mass is 10.3. The summed E-state index contributed by atoms with van der Waals surface area (Å²) >= 11 is 1.15. The number of likely N-dealkylation sites (N-methyl/N-ethyl adjacent to an activating group) is 1. The minimum absolute atomic E-state index is 0.00315. The number of thiophene rings is 1. The molecular weight excluding hydrogens is 398 g/mol. The van der Waals surface area contributed by atoms with Gasteiger partial charge in [0.1, 0.15) is 16.6 Å². The summed E-state index contributed by atoms with van der Waals surface area (Å²) in [5, 5.41) is 15.0. The zero-order valence-electron chi connectivity index (χ0n) is 16.1. The fraction of sp³-hybridized carbons (Fsp3) is 0.421. The number of aliphatic imine (C=N–C) groups is 1. The molecule has 1 aromatic carbocycles. The minimum atomic E-state index is -3.50. The lowest BCUT2D eigenvalue weighted by molar-refractivity contribution is 0.205. The van der Waals surface area contributed by atoms with Crippen LogP contribution in [-0.4, -0.2) is 69.5 Å². The Morgan fingerprint density at radius 3 is 2.68 bits per heavy atom. The van der Waals surface area contributed by atoms with E-state index >= 15 is 0 Å². The molecule has 0 aliphatic carbocycles. The summed E-state index contributed by atoms with van der Waals surface area (Å²) in [5.74, 6) is 1.04. The van der Waals surface area contributed by atoms with Crippen molar-refractivity contribution in [1.29, 1.82) is 0 Å². The second-order valence-electron chi connectivity index (χ2n) is 6.15. The first kappa shape index (κ1) is 22.2. The lowest BCUT2D eigenvalue weighted by Gasteiger charge is -2.22. The highest BCUT2D eigenvalue weighted by molar-refractivity contribution is 7.93. The fourth-order valence-electron chi connectivity index (χ4n) is 2.41. The van der Waals surface area contributed by atoms with Crippen LogP contribution in [0, 0.1) is 0 Å². The maximum absolute atomic E-state index is 12.2. The van der Waals surface area contributed by atoms with Crippen LogP contribution in [-0.2, 0) is 9.84 Å². The number of guanidine groups is 1. The summed E-state index contributed by atoms with van der Waals surface area (Å²) in [5.41, 5.74) is 0. The standard InChI is InChI=1S/C19H27N3O4S2/c1-3-20-19(22(2)11-12-26-17-8-5-4-6-9-17)21-14-16(23)15-28(24,25)18-10-7-13-27-18/h4-10,13,16,23H,3,11-12,14-15H2,1-2H3,(H,20,21). The van der Waals surface area contributed by atoms with Gasteiger partial charge in [0.2, 0.25) is 0 Å². The van der Waals surface area contributed by atoms with Gasteiger partial charge >= 0.3 is 0 Å². The summed E-state index contributed by atoms with van der Waals surface area (Å²) in [4.78, 5) is 6.25. The monoisotopic (exact) mass is 425 g/mol. The number of nitrogens with zero attached hydrogens (tertiary/aromatic N) is 2. The molecule has 2 rings (SSSR count). The number of hydrogen-bond donors (Lipinski definition) is 2. The Morgan fingerprint density at radius 2 is 2.04 bits per heavy atom. The van der Waals surface area contributed by atoms with Crippen LogP contribution < -0.4 is 10.1 Å². The molecule has 1 unspecified atom stereocenters. The highest BCUT2D eigenvalue weighted by Crippen LogP contribution is 2.18. The number of aliphatic hydroxyl groups is 1. The molecule has 9 heteroatoms. The van der Waals surface area contributed by atoms with E-state index in [4.69, 9.17) is 4.74 Å². The molecule has 154 valence electrons. The van der Waals surface area contributed by atoms with Gasteiger partial charge in [0.05, 0.1) is 24.9 Å². The fourth-order valence-corrected chi connectivity index (χ4v) is 4.88. The molecule has 28 heavy (non-hydrogen) atoms. The lowest BCUT2D eigenvalue weighted by Crippen LogP contribution is -2.41. The Hall–Kier alpha value is -2.10. The third-order valence-corrected chi connectivity index (χ3v) is 7.09. The third kappa shape index (κ3) is 7.14. The van der Waals surface area contributed by atoms with Crippen LogP contribution in [0.2, 0.25) is 0 Å². The molecule has 0 aliphatic rings. The van der Waals surface area contributed by atoms with E-state index in [9.17, 15) is 13.5 Å². The van der Waals surface area contributed by atoms with E-state index in [0.717, 1.165) is 17.1 Å². The molecule has 0 fully saturated rings. The van der Waals surface area contributed by atoms with Crippen molar-refractivity contribution in [2.75, 3.05) is 39.0 Å². The van der Waals surface area contributed by atoms with Crippen molar-refractivity contribution in [1.82, 2.24) is 10.2 Å². The van der Waals surface area contributed by atoms with Gasteiger partial charge in [0, 0.05) is 13.6 Å². The van der Waals surface area contributed by atoms with Gasteiger partial charge in [-0.1, -0.05) is 24.3 Å². The van der Waals surface area contributed by atoms with Gasteiger partial charge < -0.3 is 20.1 Å². The molecule has 0 aliphatic heterocycles. The first-order valence-electron chi connectivity index (χ1n) is 9.04. The topological polar surface area (TPSA) is 91.2 Å². The van der Waals surface area contributed by atoms with Crippen LogP contribution in [0.25, 0.3) is 0 Å². The number of rotatable bonds is 10. The zero-order chi connectivity index (χ0) is 20.4. The van der Waals surface area contributed by atoms with Crippen LogP contribution in [0.1, 0.15) is 6.92 Å². The Kier molecular flexibility index (Phi) is 8.75. The molecule has 0 spiro atoms. The number of nitrogens with one attached hydrogen (secondary N) is 1. The first-order valence-corrected chi connectivity index (χ1v) is 11.6. The van der Waals surface area contributed by atoms with Gasteiger partial charge in [-0.05, 0) is 30.5 Å². The summed E-state index contributed by atoms with van der Waals surface area (Å²) in [6.07, 6.45) is -1.07. The van der Waals surface area contributed by atoms with Crippen LogP contribution in [0.3, 0.4) is 0 Å². The number of aliphatic hydroxyl groups excluding tert-OH is 1. The predicted octanol–water partition coefficient (Wildman–Crippen LogP) is 1.86. The van der Waals surface area contributed by atoms with Crippen LogP contribution in [0.5, 0.6) is 5.75 Å². The maximum atomic E-state index is 12.2. The number of benzene rings is 1. The van der Waals surface area contributed by atoms with Gasteiger partial charge in [-0.25, -0.2) is 8.42 Å². The van der Waals surface area contributed by atoms with Gasteiger partial charge in [-0.2, -0.15) is 0 Å². The smallest absolute Gasteiger partial charge is 0.193 e. The van der Waals surface area contributed by atoms with Crippen molar-refractivity contribution >= 4 is 27.1 Å². The molecule has 0 saturated carbocycles. The number of ether oxygens (including phenoxy) is 1. The van der Waals surface area contributed by atoms with Crippen molar-refractivity contribution in [3.63, 3.8) is 0 Å². The second kappa shape index (κ2) is 11.0. The third-order valence-electron chi connectivity index (χ3n) is 3.80. The van der Waals surface area contributed by atoms with Gasteiger partial charge in [-0.15, -0.1) is 11.3 Å². The Morgan fingerprint density at radius 1 is 1.29 bits per heavy atom. The number of sulfone groups is 1. The first-order chi connectivity index (χ1) is 13.4.